The third-order valence-electron chi connectivity index (χ3n) is 2.28. The molecular weight excluding hydrogens is 202 g/mol. The van der Waals surface area contributed by atoms with Gasteiger partial charge in [0.05, 0.1) is 5.52 Å². The molecule has 3 nitrogen and oxygen atoms in total. The van der Waals surface area contributed by atoms with Crippen molar-refractivity contribution in [2.24, 2.45) is 0 Å². The van der Waals surface area contributed by atoms with Crippen molar-refractivity contribution >= 4 is 22.9 Å². The minimum absolute atomic E-state index is 0.825. The summed E-state index contributed by atoms with van der Waals surface area (Å²) in [4.78, 5) is 14.7. The molecule has 3 heteroatoms. The topological polar surface area (TPSA) is 50.2 Å². The van der Waals surface area contributed by atoms with Crippen LogP contribution in [0, 0.1) is 6.92 Å². The summed E-state index contributed by atoms with van der Waals surface area (Å²) in [5, 5.41) is 9.63. The van der Waals surface area contributed by atoms with Gasteiger partial charge in [0.25, 0.3) is 0 Å². The normalized spacial score (nSPS) is 11.1. The van der Waals surface area contributed by atoms with E-state index in [1.807, 2.05) is 31.2 Å². The fraction of sp³-hybridized carbons (Fsp3) is 0.0769. The highest BCUT2D eigenvalue weighted by Crippen LogP contribution is 2.19. The standard InChI is InChI=1S/C13H11NO2/c1-9-7-10-3-2-6-14-13(10)11(8-9)4-5-12(15)16/h2-8H,1H3,(H,15,16)/b5-4+. The van der Waals surface area contributed by atoms with Crippen molar-refractivity contribution in [2.45, 2.75) is 6.92 Å². The number of carboxylic acid groups (broad SMARTS) is 1. The van der Waals surface area contributed by atoms with Crippen LogP contribution in [0.1, 0.15) is 11.1 Å². The number of benzene rings is 1. The summed E-state index contributed by atoms with van der Waals surface area (Å²) < 4.78 is 0. The van der Waals surface area contributed by atoms with Gasteiger partial charge in [-0.15, -0.1) is 0 Å². The van der Waals surface area contributed by atoms with Crippen molar-refractivity contribution in [2.75, 3.05) is 0 Å². The summed E-state index contributed by atoms with van der Waals surface area (Å²) in [7, 11) is 0. The molecule has 2 aromatic rings. The Kier molecular flexibility index (Phi) is 2.68. The van der Waals surface area contributed by atoms with Gasteiger partial charge in [0, 0.05) is 23.2 Å². The van der Waals surface area contributed by atoms with Crippen molar-refractivity contribution in [3.8, 4) is 0 Å². The highest BCUT2D eigenvalue weighted by Gasteiger charge is 2.00. The number of pyridine rings is 1. The molecule has 0 bridgehead atoms. The molecule has 0 radical (unpaired) electrons. The van der Waals surface area contributed by atoms with Crippen LogP contribution in [0.5, 0.6) is 0 Å². The molecule has 2 rings (SSSR count). The summed E-state index contributed by atoms with van der Waals surface area (Å²) in [6.07, 6.45) is 4.41. The average Bonchev–Trinajstić information content (AvgIpc) is 2.25. The number of rotatable bonds is 2. The summed E-state index contributed by atoms with van der Waals surface area (Å²) >= 11 is 0. The SMILES string of the molecule is Cc1cc(/C=C/C(=O)O)c2ncccc2c1. The first kappa shape index (κ1) is 10.4. The lowest BCUT2D eigenvalue weighted by atomic mass is 10.1. The van der Waals surface area contributed by atoms with Gasteiger partial charge >= 0.3 is 5.97 Å². The Morgan fingerprint density at radius 3 is 3.00 bits per heavy atom. The predicted octanol–water partition coefficient (Wildman–Crippen LogP) is 2.64. The maximum Gasteiger partial charge on any atom is 0.328 e. The average molecular weight is 213 g/mol. The Morgan fingerprint density at radius 1 is 1.44 bits per heavy atom. The quantitative estimate of drug-likeness (QED) is 0.780. The van der Waals surface area contributed by atoms with Crippen LogP contribution in [0.3, 0.4) is 0 Å². The Bertz CT molecular complexity index is 573. The zero-order valence-corrected chi connectivity index (χ0v) is 8.84. The first-order valence-electron chi connectivity index (χ1n) is 4.93. The molecule has 0 atom stereocenters. The number of aliphatic carboxylic acids is 1. The fourth-order valence-corrected chi connectivity index (χ4v) is 1.66. The predicted molar refractivity (Wildman–Crippen MR) is 63.1 cm³/mol. The molecule has 0 aliphatic rings. The minimum atomic E-state index is -0.953. The number of hydrogen-bond donors (Lipinski definition) is 1. The molecule has 0 aliphatic carbocycles. The molecule has 1 heterocycles. The van der Waals surface area contributed by atoms with Gasteiger partial charge in [0.1, 0.15) is 0 Å². The highest BCUT2D eigenvalue weighted by atomic mass is 16.4. The molecule has 0 amide bonds. The number of aromatic nitrogens is 1. The van der Waals surface area contributed by atoms with Crippen molar-refractivity contribution in [3.63, 3.8) is 0 Å². The molecule has 16 heavy (non-hydrogen) atoms. The van der Waals surface area contributed by atoms with Crippen LogP contribution in [-0.4, -0.2) is 16.1 Å². The number of hydrogen-bond acceptors (Lipinski definition) is 2. The van der Waals surface area contributed by atoms with Crippen LogP contribution in [0.2, 0.25) is 0 Å². The molecule has 0 aliphatic heterocycles. The third-order valence-corrected chi connectivity index (χ3v) is 2.28. The Labute approximate surface area is 93.1 Å². The van der Waals surface area contributed by atoms with Crippen molar-refractivity contribution in [1.29, 1.82) is 0 Å². The molecule has 0 spiro atoms. The van der Waals surface area contributed by atoms with E-state index in [4.69, 9.17) is 5.11 Å². The first-order chi connectivity index (χ1) is 7.66. The number of carboxylic acids is 1. The van der Waals surface area contributed by atoms with Gasteiger partial charge in [0.2, 0.25) is 0 Å². The summed E-state index contributed by atoms with van der Waals surface area (Å²) in [6.45, 7) is 1.98. The Balaban J connectivity index is 2.63. The van der Waals surface area contributed by atoms with E-state index >= 15 is 0 Å². The zero-order valence-electron chi connectivity index (χ0n) is 8.84. The van der Waals surface area contributed by atoms with E-state index in [0.29, 0.717) is 0 Å². The highest BCUT2D eigenvalue weighted by molar-refractivity contribution is 5.92. The van der Waals surface area contributed by atoms with E-state index in [9.17, 15) is 4.79 Å². The third kappa shape index (κ3) is 2.08. The number of nitrogens with zero attached hydrogens (tertiary/aromatic N) is 1. The van der Waals surface area contributed by atoms with Gasteiger partial charge < -0.3 is 5.11 Å². The zero-order chi connectivity index (χ0) is 11.5. The van der Waals surface area contributed by atoms with Crippen LogP contribution in [0.25, 0.3) is 17.0 Å². The molecule has 0 saturated carbocycles. The van der Waals surface area contributed by atoms with Crippen LogP contribution < -0.4 is 0 Å². The molecule has 0 unspecified atom stereocenters. The van der Waals surface area contributed by atoms with Crippen LogP contribution in [0.15, 0.2) is 36.5 Å². The number of fused-ring (bicyclic) bond motifs is 1. The second kappa shape index (κ2) is 4.14. The van der Waals surface area contributed by atoms with E-state index < -0.39 is 5.97 Å². The number of aryl methyl sites for hydroxylation is 1. The molecular formula is C13H11NO2. The van der Waals surface area contributed by atoms with E-state index in [-0.39, 0.29) is 0 Å². The molecule has 1 N–H and O–H groups in total. The van der Waals surface area contributed by atoms with E-state index in [1.54, 1.807) is 12.3 Å². The molecule has 1 aromatic heterocycles. The van der Waals surface area contributed by atoms with E-state index in [1.165, 1.54) is 0 Å². The first-order valence-corrected chi connectivity index (χ1v) is 4.93. The number of carbonyl (C=O) groups is 1. The Hall–Kier alpha value is -2.16. The van der Waals surface area contributed by atoms with Crippen molar-refractivity contribution in [1.82, 2.24) is 4.98 Å². The molecule has 0 saturated heterocycles. The van der Waals surface area contributed by atoms with E-state index in [0.717, 1.165) is 28.1 Å². The molecule has 80 valence electrons. The molecule has 1 aromatic carbocycles. The van der Waals surface area contributed by atoms with Gasteiger partial charge in [-0.25, -0.2) is 4.79 Å². The summed E-state index contributed by atoms with van der Waals surface area (Å²) in [6, 6.07) is 7.79. The second-order valence-electron chi connectivity index (χ2n) is 3.60. The van der Waals surface area contributed by atoms with Crippen molar-refractivity contribution in [3.05, 3.63) is 47.7 Å². The maximum atomic E-state index is 10.5. The van der Waals surface area contributed by atoms with Gasteiger partial charge in [-0.2, -0.15) is 0 Å². The summed E-state index contributed by atoms with van der Waals surface area (Å²) in [5.41, 5.74) is 2.74. The van der Waals surface area contributed by atoms with E-state index in [2.05, 4.69) is 4.98 Å². The van der Waals surface area contributed by atoms with Crippen LogP contribution >= 0.6 is 0 Å². The van der Waals surface area contributed by atoms with Crippen LogP contribution in [0.4, 0.5) is 0 Å². The Morgan fingerprint density at radius 2 is 2.25 bits per heavy atom. The molecule has 0 fully saturated rings. The van der Waals surface area contributed by atoms with Gasteiger partial charge in [-0.3, -0.25) is 4.98 Å². The lowest BCUT2D eigenvalue weighted by molar-refractivity contribution is -0.131. The van der Waals surface area contributed by atoms with Gasteiger partial charge in [-0.05, 0) is 36.8 Å². The van der Waals surface area contributed by atoms with Gasteiger partial charge in [0.15, 0.2) is 0 Å². The maximum absolute atomic E-state index is 10.5. The minimum Gasteiger partial charge on any atom is -0.478 e. The lowest BCUT2D eigenvalue weighted by Crippen LogP contribution is -1.88. The fourth-order valence-electron chi connectivity index (χ4n) is 1.66. The lowest BCUT2D eigenvalue weighted by Gasteiger charge is -2.02. The second-order valence-corrected chi connectivity index (χ2v) is 3.60. The van der Waals surface area contributed by atoms with Crippen LogP contribution in [-0.2, 0) is 4.79 Å². The summed E-state index contributed by atoms with van der Waals surface area (Å²) in [5.74, 6) is -0.953. The largest absolute Gasteiger partial charge is 0.478 e. The smallest absolute Gasteiger partial charge is 0.328 e. The monoisotopic (exact) mass is 213 g/mol. The van der Waals surface area contributed by atoms with Gasteiger partial charge in [-0.1, -0.05) is 6.07 Å². The van der Waals surface area contributed by atoms with Crippen molar-refractivity contribution < 1.29 is 9.90 Å².